The first-order valence-electron chi connectivity index (χ1n) is 5.75. The minimum absolute atomic E-state index is 0.290. The molecule has 0 aromatic heterocycles. The van der Waals surface area contributed by atoms with Gasteiger partial charge in [-0.1, -0.05) is 17.7 Å². The molecule has 1 aromatic carbocycles. The Bertz CT molecular complexity index is 520. The Morgan fingerprint density at radius 2 is 1.94 bits per heavy atom. The standard InChI is InChI=1S/C13H15ClN2O2/c1-13(2,15)6-7-16-11(17)8-4-3-5-9(14)10(8)12(16)18/h3-5H,6-7,15H2,1-2H3. The second kappa shape index (κ2) is 4.37. The van der Waals surface area contributed by atoms with E-state index in [9.17, 15) is 9.59 Å². The summed E-state index contributed by atoms with van der Waals surface area (Å²) >= 11 is 5.96. The number of carbonyl (C=O) groups excluding carboxylic acids is 2. The molecule has 0 atom stereocenters. The summed E-state index contributed by atoms with van der Waals surface area (Å²) in [6.07, 6.45) is 0.552. The van der Waals surface area contributed by atoms with Crippen LogP contribution in [0, 0.1) is 0 Å². The van der Waals surface area contributed by atoms with Crippen molar-refractivity contribution in [2.75, 3.05) is 6.54 Å². The van der Waals surface area contributed by atoms with E-state index >= 15 is 0 Å². The van der Waals surface area contributed by atoms with Gasteiger partial charge in [-0.15, -0.1) is 0 Å². The number of nitrogens with zero attached hydrogens (tertiary/aromatic N) is 1. The summed E-state index contributed by atoms with van der Waals surface area (Å²) < 4.78 is 0. The molecule has 0 spiro atoms. The zero-order valence-corrected chi connectivity index (χ0v) is 11.1. The van der Waals surface area contributed by atoms with Crippen LogP contribution in [0.15, 0.2) is 18.2 Å². The van der Waals surface area contributed by atoms with E-state index in [-0.39, 0.29) is 11.8 Å². The van der Waals surface area contributed by atoms with Gasteiger partial charge in [-0.05, 0) is 32.4 Å². The van der Waals surface area contributed by atoms with Gasteiger partial charge in [-0.2, -0.15) is 0 Å². The molecule has 0 saturated heterocycles. The van der Waals surface area contributed by atoms with Gasteiger partial charge in [-0.25, -0.2) is 0 Å². The van der Waals surface area contributed by atoms with Crippen LogP contribution >= 0.6 is 11.6 Å². The fourth-order valence-corrected chi connectivity index (χ4v) is 2.15. The lowest BCUT2D eigenvalue weighted by atomic mass is 10.0. The van der Waals surface area contributed by atoms with Crippen molar-refractivity contribution in [1.29, 1.82) is 0 Å². The average Bonchev–Trinajstić information content (AvgIpc) is 2.49. The van der Waals surface area contributed by atoms with E-state index in [0.29, 0.717) is 29.1 Å². The van der Waals surface area contributed by atoms with Gasteiger partial charge in [0.2, 0.25) is 0 Å². The van der Waals surface area contributed by atoms with Crippen LogP contribution < -0.4 is 5.73 Å². The van der Waals surface area contributed by atoms with E-state index in [1.54, 1.807) is 18.2 Å². The number of fused-ring (bicyclic) bond motifs is 1. The first-order valence-corrected chi connectivity index (χ1v) is 6.12. The van der Waals surface area contributed by atoms with Crippen LogP contribution in [-0.4, -0.2) is 28.8 Å². The van der Waals surface area contributed by atoms with E-state index in [1.807, 2.05) is 13.8 Å². The number of rotatable bonds is 3. The summed E-state index contributed by atoms with van der Waals surface area (Å²) in [7, 11) is 0. The van der Waals surface area contributed by atoms with Crippen LogP contribution in [0.1, 0.15) is 41.0 Å². The number of imide groups is 1. The molecule has 2 amide bonds. The molecule has 1 aromatic rings. The Morgan fingerprint density at radius 3 is 2.50 bits per heavy atom. The van der Waals surface area contributed by atoms with E-state index < -0.39 is 5.54 Å². The quantitative estimate of drug-likeness (QED) is 0.852. The van der Waals surface area contributed by atoms with Crippen molar-refractivity contribution in [2.45, 2.75) is 25.8 Å². The van der Waals surface area contributed by atoms with Gasteiger partial charge >= 0.3 is 0 Å². The molecule has 2 N–H and O–H groups in total. The van der Waals surface area contributed by atoms with Gasteiger partial charge in [0.1, 0.15) is 0 Å². The molecule has 4 nitrogen and oxygen atoms in total. The Balaban J connectivity index is 2.27. The lowest BCUT2D eigenvalue weighted by Gasteiger charge is -2.22. The maximum atomic E-state index is 12.1. The van der Waals surface area contributed by atoms with Gasteiger partial charge in [0, 0.05) is 12.1 Å². The van der Waals surface area contributed by atoms with Gasteiger partial charge in [0.05, 0.1) is 16.1 Å². The lowest BCUT2D eigenvalue weighted by molar-refractivity contribution is 0.0646. The first kappa shape index (κ1) is 13.1. The van der Waals surface area contributed by atoms with E-state index in [1.165, 1.54) is 4.90 Å². The van der Waals surface area contributed by atoms with Crippen LogP contribution in [0.5, 0.6) is 0 Å². The van der Waals surface area contributed by atoms with Crippen molar-refractivity contribution in [2.24, 2.45) is 5.73 Å². The molecule has 1 aliphatic heterocycles. The predicted octanol–water partition coefficient (Wildman–Crippen LogP) is 2.06. The molecule has 0 saturated carbocycles. The highest BCUT2D eigenvalue weighted by molar-refractivity contribution is 6.37. The third-order valence-electron chi connectivity index (χ3n) is 2.93. The molecule has 18 heavy (non-hydrogen) atoms. The highest BCUT2D eigenvalue weighted by atomic mass is 35.5. The number of hydrogen-bond acceptors (Lipinski definition) is 3. The molecular formula is C13H15ClN2O2. The zero-order chi connectivity index (χ0) is 13.5. The molecule has 5 heteroatoms. The molecule has 2 rings (SSSR count). The molecule has 0 radical (unpaired) electrons. The Kier molecular flexibility index (Phi) is 3.17. The second-order valence-electron chi connectivity index (χ2n) is 5.16. The Morgan fingerprint density at radius 1 is 1.28 bits per heavy atom. The first-order chi connectivity index (χ1) is 8.31. The monoisotopic (exact) mass is 266 g/mol. The molecule has 0 fully saturated rings. The van der Waals surface area contributed by atoms with Gasteiger partial charge in [0.25, 0.3) is 11.8 Å². The average molecular weight is 267 g/mol. The molecule has 1 heterocycles. The van der Waals surface area contributed by atoms with Crippen molar-refractivity contribution >= 4 is 23.4 Å². The Labute approximate surface area is 111 Å². The van der Waals surface area contributed by atoms with E-state index in [0.717, 1.165) is 0 Å². The molecule has 1 aliphatic rings. The third kappa shape index (κ3) is 2.26. The summed E-state index contributed by atoms with van der Waals surface area (Å²) in [5.41, 5.74) is 6.13. The molecule has 0 aliphatic carbocycles. The number of amides is 2. The van der Waals surface area contributed by atoms with Crippen molar-refractivity contribution in [3.8, 4) is 0 Å². The number of benzene rings is 1. The molecule has 0 unspecified atom stereocenters. The van der Waals surface area contributed by atoms with Crippen molar-refractivity contribution in [1.82, 2.24) is 4.90 Å². The summed E-state index contributed by atoms with van der Waals surface area (Å²) in [5.74, 6) is -0.619. The maximum absolute atomic E-state index is 12.1. The summed E-state index contributed by atoms with van der Waals surface area (Å²) in [6.45, 7) is 4.03. The fourth-order valence-electron chi connectivity index (χ4n) is 1.90. The van der Waals surface area contributed by atoms with Crippen LogP contribution in [-0.2, 0) is 0 Å². The minimum Gasteiger partial charge on any atom is -0.325 e. The summed E-state index contributed by atoms with van der Waals surface area (Å²) in [5, 5.41) is 0.320. The van der Waals surface area contributed by atoms with Crippen molar-refractivity contribution in [3.63, 3.8) is 0 Å². The van der Waals surface area contributed by atoms with Crippen LogP contribution in [0.2, 0.25) is 5.02 Å². The highest BCUT2D eigenvalue weighted by Crippen LogP contribution is 2.29. The van der Waals surface area contributed by atoms with E-state index in [4.69, 9.17) is 17.3 Å². The van der Waals surface area contributed by atoms with Crippen LogP contribution in [0.25, 0.3) is 0 Å². The molecular weight excluding hydrogens is 252 g/mol. The van der Waals surface area contributed by atoms with E-state index in [2.05, 4.69) is 0 Å². The van der Waals surface area contributed by atoms with Gasteiger partial charge in [0.15, 0.2) is 0 Å². The second-order valence-corrected chi connectivity index (χ2v) is 5.57. The Hall–Kier alpha value is -1.39. The van der Waals surface area contributed by atoms with Crippen LogP contribution in [0.3, 0.4) is 0 Å². The van der Waals surface area contributed by atoms with Gasteiger partial charge < -0.3 is 5.73 Å². The zero-order valence-electron chi connectivity index (χ0n) is 10.4. The maximum Gasteiger partial charge on any atom is 0.263 e. The topological polar surface area (TPSA) is 63.4 Å². The summed E-state index contributed by atoms with van der Waals surface area (Å²) in [4.78, 5) is 25.4. The highest BCUT2D eigenvalue weighted by Gasteiger charge is 2.37. The summed E-state index contributed by atoms with van der Waals surface area (Å²) in [6, 6.07) is 4.90. The fraction of sp³-hybridized carbons (Fsp3) is 0.385. The predicted molar refractivity (Wildman–Crippen MR) is 69.7 cm³/mol. The van der Waals surface area contributed by atoms with Gasteiger partial charge in [-0.3, -0.25) is 14.5 Å². The van der Waals surface area contributed by atoms with Crippen molar-refractivity contribution < 1.29 is 9.59 Å². The minimum atomic E-state index is -0.418. The SMILES string of the molecule is CC(C)(N)CCN1C(=O)c2cccc(Cl)c2C1=O. The number of halogens is 1. The number of hydrogen-bond donors (Lipinski definition) is 1. The smallest absolute Gasteiger partial charge is 0.263 e. The lowest BCUT2D eigenvalue weighted by Crippen LogP contribution is -2.39. The molecule has 0 bridgehead atoms. The van der Waals surface area contributed by atoms with Crippen molar-refractivity contribution in [3.05, 3.63) is 34.3 Å². The number of carbonyl (C=O) groups is 2. The largest absolute Gasteiger partial charge is 0.325 e. The third-order valence-corrected chi connectivity index (χ3v) is 3.24. The number of nitrogens with two attached hydrogens (primary N) is 1. The van der Waals surface area contributed by atoms with Crippen LogP contribution in [0.4, 0.5) is 0 Å². The normalized spacial score (nSPS) is 15.2. The molecule has 96 valence electrons.